The molecule has 0 aromatic heterocycles. The van der Waals surface area contributed by atoms with E-state index >= 15 is 0 Å². The zero-order valence-corrected chi connectivity index (χ0v) is 10.1. The molecule has 80 valence electrons. The van der Waals surface area contributed by atoms with Gasteiger partial charge in [0.1, 0.15) is 0 Å². The van der Waals surface area contributed by atoms with Gasteiger partial charge in [-0.05, 0) is 33.2 Å². The molecule has 2 atom stereocenters. The lowest BCUT2D eigenvalue weighted by molar-refractivity contribution is 0.0693. The third-order valence-corrected chi connectivity index (χ3v) is 3.49. The summed E-state index contributed by atoms with van der Waals surface area (Å²) in [6.07, 6.45) is 2.46. The highest BCUT2D eigenvalue weighted by atomic mass is 15.2. The molecule has 2 N–H and O–H groups in total. The van der Waals surface area contributed by atoms with Crippen LogP contribution in [0.5, 0.6) is 0 Å². The van der Waals surface area contributed by atoms with E-state index < -0.39 is 0 Å². The zero-order valence-electron chi connectivity index (χ0n) is 10.1. The van der Waals surface area contributed by atoms with Crippen molar-refractivity contribution in [2.24, 2.45) is 11.7 Å². The van der Waals surface area contributed by atoms with Crippen LogP contribution in [0.15, 0.2) is 0 Å². The Labute approximate surface area is 83.5 Å². The summed E-state index contributed by atoms with van der Waals surface area (Å²) in [5.74, 6) is 0.566. The predicted octanol–water partition coefficient (Wildman–Crippen LogP) is 2.44. The standard InChI is InChI=1S/C11H26N2/c1-7-9(3)10(12)13(6)11(4,5)8-2/h9-10H,7-8,12H2,1-6H3. The molecule has 0 fully saturated rings. The first kappa shape index (κ1) is 12.9. The summed E-state index contributed by atoms with van der Waals surface area (Å²) in [4.78, 5) is 2.29. The molecular weight excluding hydrogens is 160 g/mol. The lowest BCUT2D eigenvalue weighted by Crippen LogP contribution is -2.53. The quantitative estimate of drug-likeness (QED) is 0.668. The van der Waals surface area contributed by atoms with E-state index in [0.29, 0.717) is 5.92 Å². The fraction of sp³-hybridized carbons (Fsp3) is 1.00. The molecule has 2 heteroatoms. The molecule has 0 aromatic carbocycles. The number of rotatable bonds is 5. The van der Waals surface area contributed by atoms with Gasteiger partial charge < -0.3 is 5.73 Å². The number of hydrogen-bond donors (Lipinski definition) is 1. The molecule has 0 aromatic rings. The van der Waals surface area contributed by atoms with E-state index in [1.807, 2.05) is 0 Å². The van der Waals surface area contributed by atoms with Crippen LogP contribution in [0.4, 0.5) is 0 Å². The van der Waals surface area contributed by atoms with Crippen LogP contribution in [0.3, 0.4) is 0 Å². The zero-order chi connectivity index (χ0) is 10.6. The second-order valence-corrected chi connectivity index (χ2v) is 4.65. The van der Waals surface area contributed by atoms with Gasteiger partial charge in [-0.3, -0.25) is 4.90 Å². The highest BCUT2D eigenvalue weighted by molar-refractivity contribution is 4.82. The van der Waals surface area contributed by atoms with E-state index in [1.54, 1.807) is 0 Å². The number of nitrogens with two attached hydrogens (primary N) is 1. The molecule has 0 aliphatic carbocycles. The Kier molecular flexibility index (Phi) is 4.93. The Morgan fingerprint density at radius 2 is 1.77 bits per heavy atom. The molecule has 0 saturated heterocycles. The van der Waals surface area contributed by atoms with Gasteiger partial charge in [0.15, 0.2) is 0 Å². The fourth-order valence-electron chi connectivity index (χ4n) is 1.28. The Hall–Kier alpha value is -0.0800. The highest BCUT2D eigenvalue weighted by Gasteiger charge is 2.27. The normalized spacial score (nSPS) is 17.5. The van der Waals surface area contributed by atoms with Crippen molar-refractivity contribution in [3.63, 3.8) is 0 Å². The largest absolute Gasteiger partial charge is 0.315 e. The molecule has 0 aliphatic heterocycles. The van der Waals surface area contributed by atoms with Crippen LogP contribution >= 0.6 is 0 Å². The van der Waals surface area contributed by atoms with Gasteiger partial charge in [0.25, 0.3) is 0 Å². The summed E-state index contributed by atoms with van der Waals surface area (Å²) >= 11 is 0. The molecule has 0 saturated carbocycles. The maximum Gasteiger partial charge on any atom is 0.0599 e. The van der Waals surface area contributed by atoms with Crippen LogP contribution in [0.2, 0.25) is 0 Å². The van der Waals surface area contributed by atoms with Gasteiger partial charge >= 0.3 is 0 Å². The maximum atomic E-state index is 6.16. The fourth-order valence-corrected chi connectivity index (χ4v) is 1.28. The van der Waals surface area contributed by atoms with Crippen LogP contribution in [0.25, 0.3) is 0 Å². The van der Waals surface area contributed by atoms with Gasteiger partial charge in [-0.15, -0.1) is 0 Å². The first-order valence-electron chi connectivity index (χ1n) is 5.35. The van der Waals surface area contributed by atoms with Gasteiger partial charge in [0, 0.05) is 5.54 Å². The summed E-state index contributed by atoms with van der Waals surface area (Å²) in [5.41, 5.74) is 6.37. The molecule has 2 unspecified atom stereocenters. The summed E-state index contributed by atoms with van der Waals surface area (Å²) < 4.78 is 0. The SMILES string of the molecule is CCC(C)C(N)N(C)C(C)(C)CC. The molecule has 0 radical (unpaired) electrons. The van der Waals surface area contributed by atoms with Gasteiger partial charge in [0.2, 0.25) is 0 Å². The minimum atomic E-state index is 0.181. The van der Waals surface area contributed by atoms with Crippen LogP contribution in [-0.4, -0.2) is 23.7 Å². The van der Waals surface area contributed by atoms with Crippen molar-refractivity contribution in [1.29, 1.82) is 0 Å². The summed E-state index contributed by atoms with van der Waals surface area (Å²) in [5, 5.41) is 0. The van der Waals surface area contributed by atoms with Crippen LogP contribution in [-0.2, 0) is 0 Å². The van der Waals surface area contributed by atoms with Crippen LogP contribution in [0, 0.1) is 5.92 Å². The lowest BCUT2D eigenvalue weighted by Gasteiger charge is -2.41. The second kappa shape index (κ2) is 4.97. The molecule has 0 heterocycles. The van der Waals surface area contributed by atoms with Gasteiger partial charge in [0.05, 0.1) is 6.17 Å². The number of hydrogen-bond acceptors (Lipinski definition) is 2. The Morgan fingerprint density at radius 3 is 2.08 bits per heavy atom. The molecule has 0 bridgehead atoms. The van der Waals surface area contributed by atoms with Crippen molar-refractivity contribution < 1.29 is 0 Å². The molecular formula is C11H26N2. The second-order valence-electron chi connectivity index (χ2n) is 4.65. The lowest BCUT2D eigenvalue weighted by atomic mass is 9.95. The molecule has 2 nitrogen and oxygen atoms in total. The Morgan fingerprint density at radius 1 is 1.31 bits per heavy atom. The topological polar surface area (TPSA) is 29.3 Å². The van der Waals surface area contributed by atoms with Crippen molar-refractivity contribution in [2.45, 2.75) is 59.2 Å². The molecule has 0 aliphatic rings. The van der Waals surface area contributed by atoms with E-state index in [-0.39, 0.29) is 11.7 Å². The summed E-state index contributed by atoms with van der Waals surface area (Å²) in [6.45, 7) is 11.1. The first-order chi connectivity index (χ1) is 5.86. The molecule has 0 rings (SSSR count). The third-order valence-electron chi connectivity index (χ3n) is 3.49. The van der Waals surface area contributed by atoms with Crippen molar-refractivity contribution in [1.82, 2.24) is 4.90 Å². The van der Waals surface area contributed by atoms with E-state index in [4.69, 9.17) is 5.73 Å². The molecule has 13 heavy (non-hydrogen) atoms. The van der Waals surface area contributed by atoms with E-state index in [2.05, 4.69) is 46.6 Å². The van der Waals surface area contributed by atoms with Gasteiger partial charge in [-0.2, -0.15) is 0 Å². The highest BCUT2D eigenvalue weighted by Crippen LogP contribution is 2.21. The minimum absolute atomic E-state index is 0.181. The van der Waals surface area contributed by atoms with Crippen LogP contribution < -0.4 is 5.73 Å². The van der Waals surface area contributed by atoms with Gasteiger partial charge in [-0.1, -0.05) is 27.2 Å². The summed E-state index contributed by atoms with van der Waals surface area (Å²) in [6, 6.07) is 0. The first-order valence-corrected chi connectivity index (χ1v) is 5.35. The molecule has 0 spiro atoms. The monoisotopic (exact) mass is 186 g/mol. The average molecular weight is 186 g/mol. The van der Waals surface area contributed by atoms with Gasteiger partial charge in [-0.25, -0.2) is 0 Å². The van der Waals surface area contributed by atoms with Crippen LogP contribution in [0.1, 0.15) is 47.5 Å². The van der Waals surface area contributed by atoms with Crippen molar-refractivity contribution in [2.75, 3.05) is 7.05 Å². The minimum Gasteiger partial charge on any atom is -0.315 e. The predicted molar refractivity (Wildman–Crippen MR) is 59.6 cm³/mol. The average Bonchev–Trinajstić information content (AvgIpc) is 2.14. The maximum absolute atomic E-state index is 6.16. The smallest absolute Gasteiger partial charge is 0.0599 e. The Balaban J connectivity index is 4.32. The Bertz CT molecular complexity index is 143. The third kappa shape index (κ3) is 3.28. The van der Waals surface area contributed by atoms with E-state index in [9.17, 15) is 0 Å². The van der Waals surface area contributed by atoms with E-state index in [0.717, 1.165) is 12.8 Å². The number of nitrogens with zero attached hydrogens (tertiary/aromatic N) is 1. The van der Waals surface area contributed by atoms with E-state index in [1.165, 1.54) is 0 Å². The van der Waals surface area contributed by atoms with Crippen molar-refractivity contribution in [3.8, 4) is 0 Å². The summed E-state index contributed by atoms with van der Waals surface area (Å²) in [7, 11) is 2.13. The van der Waals surface area contributed by atoms with Crippen molar-refractivity contribution in [3.05, 3.63) is 0 Å². The molecule has 0 amide bonds. The van der Waals surface area contributed by atoms with Crippen molar-refractivity contribution >= 4 is 0 Å².